The summed E-state index contributed by atoms with van der Waals surface area (Å²) >= 11 is 0. The largest absolute Gasteiger partial charge is 0.462 e. The van der Waals surface area contributed by atoms with E-state index in [0.29, 0.717) is 6.42 Å². The summed E-state index contributed by atoms with van der Waals surface area (Å²) < 4.78 is 22.1. The minimum Gasteiger partial charge on any atom is -0.462 e. The average molecular weight is 783 g/mol. The molecule has 0 spiro atoms. The maximum atomic E-state index is 12.8. The van der Waals surface area contributed by atoms with Gasteiger partial charge in [0.1, 0.15) is 31.0 Å². The number of allylic oxidation sites excluding steroid dienone is 4. The normalized spacial score (nSPS) is 20.7. The minimum atomic E-state index is -1.59. The molecule has 1 fully saturated rings. The summed E-state index contributed by atoms with van der Waals surface area (Å²) in [6.07, 6.45) is 31.8. The van der Waals surface area contributed by atoms with Crippen LogP contribution in [0.2, 0.25) is 0 Å². The van der Waals surface area contributed by atoms with E-state index in [2.05, 4.69) is 38.2 Å². The first-order valence-corrected chi connectivity index (χ1v) is 22.4. The standard InChI is InChI=1S/C45H82O10/c1-3-5-7-9-11-13-15-16-17-18-19-20-21-22-24-26-28-30-32-34-41(48)54-38(37-53-45-44(51)43(50)42(49)39(35-46)55-45)36-52-40(47)33-31-29-27-25-23-14-12-10-8-6-4-2/h11,13,16-17,38-39,42-46,49-51H,3-10,12,14-15,18-37H2,1-2H3/b13-11-,17-16-. The summed E-state index contributed by atoms with van der Waals surface area (Å²) in [6, 6.07) is 0. The Labute approximate surface area is 334 Å². The number of carbonyl (C=O) groups is 2. The molecule has 0 aromatic heterocycles. The second-order valence-electron chi connectivity index (χ2n) is 15.5. The van der Waals surface area contributed by atoms with Crippen molar-refractivity contribution >= 4 is 11.9 Å². The second kappa shape index (κ2) is 36.5. The van der Waals surface area contributed by atoms with Crippen molar-refractivity contribution in [1.82, 2.24) is 0 Å². The molecule has 1 rings (SSSR count). The van der Waals surface area contributed by atoms with Gasteiger partial charge in [0.15, 0.2) is 12.4 Å². The van der Waals surface area contributed by atoms with E-state index < -0.39 is 49.4 Å². The van der Waals surface area contributed by atoms with E-state index in [1.807, 2.05) is 0 Å². The number of hydrogen-bond acceptors (Lipinski definition) is 10. The predicted octanol–water partition coefficient (Wildman–Crippen LogP) is 9.33. The molecule has 0 bridgehead atoms. The second-order valence-corrected chi connectivity index (χ2v) is 15.5. The smallest absolute Gasteiger partial charge is 0.306 e. The van der Waals surface area contributed by atoms with E-state index >= 15 is 0 Å². The van der Waals surface area contributed by atoms with E-state index in [9.17, 15) is 30.0 Å². The molecular weight excluding hydrogens is 700 g/mol. The number of carbonyl (C=O) groups excluding carboxylic acids is 2. The highest BCUT2D eigenvalue weighted by Gasteiger charge is 2.44. The van der Waals surface area contributed by atoms with E-state index in [-0.39, 0.29) is 32.0 Å². The van der Waals surface area contributed by atoms with Crippen LogP contribution >= 0.6 is 0 Å². The van der Waals surface area contributed by atoms with Gasteiger partial charge in [-0.2, -0.15) is 0 Å². The van der Waals surface area contributed by atoms with Crippen molar-refractivity contribution in [2.24, 2.45) is 0 Å². The van der Waals surface area contributed by atoms with Gasteiger partial charge in [-0.25, -0.2) is 0 Å². The lowest BCUT2D eigenvalue weighted by Crippen LogP contribution is -2.59. The molecule has 4 N–H and O–H groups in total. The Kier molecular flexibility index (Phi) is 34.0. The Balaban J connectivity index is 2.31. The zero-order chi connectivity index (χ0) is 40.2. The van der Waals surface area contributed by atoms with Crippen LogP contribution in [0.15, 0.2) is 24.3 Å². The number of hydrogen-bond donors (Lipinski definition) is 4. The van der Waals surface area contributed by atoms with Crippen LogP contribution in [0.3, 0.4) is 0 Å². The Hall–Kier alpha value is -1.82. The molecule has 55 heavy (non-hydrogen) atoms. The summed E-state index contributed by atoms with van der Waals surface area (Å²) in [5.74, 6) is -0.807. The van der Waals surface area contributed by atoms with Gasteiger partial charge < -0.3 is 39.4 Å². The zero-order valence-corrected chi connectivity index (χ0v) is 34.9. The first-order chi connectivity index (χ1) is 26.8. The van der Waals surface area contributed by atoms with E-state index in [1.165, 1.54) is 109 Å². The van der Waals surface area contributed by atoms with Crippen LogP contribution in [0.4, 0.5) is 0 Å². The molecule has 0 radical (unpaired) electrons. The molecule has 1 aliphatic heterocycles. The average Bonchev–Trinajstić information content (AvgIpc) is 3.18. The Morgan fingerprint density at radius 3 is 1.55 bits per heavy atom. The van der Waals surface area contributed by atoms with Crippen LogP contribution in [0, 0.1) is 0 Å². The van der Waals surface area contributed by atoms with Crippen molar-refractivity contribution in [2.75, 3.05) is 19.8 Å². The van der Waals surface area contributed by atoms with Crippen LogP contribution in [-0.4, -0.2) is 89.0 Å². The lowest BCUT2D eigenvalue weighted by Gasteiger charge is -2.39. The van der Waals surface area contributed by atoms with Crippen molar-refractivity contribution in [2.45, 2.75) is 230 Å². The number of ether oxygens (including phenoxy) is 4. The summed E-state index contributed by atoms with van der Waals surface area (Å²) in [5.41, 5.74) is 0. The fourth-order valence-electron chi connectivity index (χ4n) is 6.75. The SMILES string of the molecule is CCCCC/C=C\C/C=C\CCCCCCCCCCCC(=O)OC(COC(=O)CCCCCCCCCCCCC)COC1OC(CO)C(O)C(O)C1O. The van der Waals surface area contributed by atoms with Crippen LogP contribution < -0.4 is 0 Å². The van der Waals surface area contributed by atoms with Gasteiger partial charge in [-0.1, -0.05) is 160 Å². The third kappa shape index (κ3) is 28.3. The molecule has 6 atom stereocenters. The van der Waals surface area contributed by atoms with Gasteiger partial charge in [-0.05, 0) is 44.9 Å². The van der Waals surface area contributed by atoms with Gasteiger partial charge in [0.25, 0.3) is 0 Å². The molecule has 0 aromatic rings. The summed E-state index contributed by atoms with van der Waals surface area (Å²) in [5, 5.41) is 40.0. The highest BCUT2D eigenvalue weighted by Crippen LogP contribution is 2.23. The van der Waals surface area contributed by atoms with Gasteiger partial charge >= 0.3 is 11.9 Å². The summed E-state index contributed by atoms with van der Waals surface area (Å²) in [4.78, 5) is 25.3. The Morgan fingerprint density at radius 2 is 1.02 bits per heavy atom. The van der Waals surface area contributed by atoms with Gasteiger partial charge in [0.2, 0.25) is 0 Å². The molecule has 1 heterocycles. The highest BCUT2D eigenvalue weighted by molar-refractivity contribution is 5.70. The zero-order valence-electron chi connectivity index (χ0n) is 34.9. The van der Waals surface area contributed by atoms with Gasteiger partial charge in [0.05, 0.1) is 13.2 Å². The van der Waals surface area contributed by atoms with E-state index in [1.54, 1.807) is 0 Å². The molecule has 1 saturated heterocycles. The fraction of sp³-hybridized carbons (Fsp3) is 0.867. The monoisotopic (exact) mass is 783 g/mol. The lowest BCUT2D eigenvalue weighted by molar-refractivity contribution is -0.305. The number of esters is 2. The maximum Gasteiger partial charge on any atom is 0.306 e. The molecule has 0 amide bonds. The lowest BCUT2D eigenvalue weighted by atomic mass is 9.99. The first-order valence-electron chi connectivity index (χ1n) is 22.4. The number of unbranched alkanes of at least 4 members (excludes halogenated alkanes) is 22. The molecule has 10 heteroatoms. The van der Waals surface area contributed by atoms with E-state index in [0.717, 1.165) is 51.4 Å². The molecular formula is C45H82O10. The van der Waals surface area contributed by atoms with Crippen molar-refractivity contribution < 1.29 is 49.0 Å². The van der Waals surface area contributed by atoms with Gasteiger partial charge in [-0.3, -0.25) is 9.59 Å². The molecule has 322 valence electrons. The van der Waals surface area contributed by atoms with Crippen molar-refractivity contribution in [3.63, 3.8) is 0 Å². The molecule has 0 saturated carbocycles. The quantitative estimate of drug-likeness (QED) is 0.0273. The third-order valence-corrected chi connectivity index (χ3v) is 10.3. The summed E-state index contributed by atoms with van der Waals surface area (Å²) in [7, 11) is 0. The molecule has 6 unspecified atom stereocenters. The number of rotatable bonds is 37. The summed E-state index contributed by atoms with van der Waals surface area (Å²) in [6.45, 7) is 3.39. The Bertz CT molecular complexity index is 954. The van der Waals surface area contributed by atoms with Crippen LogP contribution in [0.25, 0.3) is 0 Å². The first kappa shape index (κ1) is 51.2. The molecule has 0 aromatic carbocycles. The van der Waals surface area contributed by atoms with Gasteiger partial charge in [0, 0.05) is 12.8 Å². The van der Waals surface area contributed by atoms with Gasteiger partial charge in [-0.15, -0.1) is 0 Å². The molecule has 0 aliphatic carbocycles. The Morgan fingerprint density at radius 1 is 0.564 bits per heavy atom. The fourth-order valence-corrected chi connectivity index (χ4v) is 6.75. The highest BCUT2D eigenvalue weighted by atomic mass is 16.7. The van der Waals surface area contributed by atoms with Crippen LogP contribution in [0.1, 0.15) is 194 Å². The predicted molar refractivity (Wildman–Crippen MR) is 219 cm³/mol. The van der Waals surface area contributed by atoms with Crippen LogP contribution in [-0.2, 0) is 28.5 Å². The van der Waals surface area contributed by atoms with Crippen molar-refractivity contribution in [3.8, 4) is 0 Å². The van der Waals surface area contributed by atoms with Crippen LogP contribution in [0.5, 0.6) is 0 Å². The number of aliphatic hydroxyl groups excluding tert-OH is 4. The van der Waals surface area contributed by atoms with Crippen molar-refractivity contribution in [3.05, 3.63) is 24.3 Å². The maximum absolute atomic E-state index is 12.8. The van der Waals surface area contributed by atoms with E-state index in [4.69, 9.17) is 18.9 Å². The minimum absolute atomic E-state index is 0.215. The molecule has 10 nitrogen and oxygen atoms in total. The molecule has 1 aliphatic rings. The van der Waals surface area contributed by atoms with Crippen molar-refractivity contribution in [1.29, 1.82) is 0 Å². The topological polar surface area (TPSA) is 152 Å². The third-order valence-electron chi connectivity index (χ3n) is 10.3. The number of aliphatic hydroxyl groups is 4.